The topological polar surface area (TPSA) is 71.3 Å². The van der Waals surface area contributed by atoms with Gasteiger partial charge in [0, 0.05) is 43.4 Å². The van der Waals surface area contributed by atoms with E-state index in [1.54, 1.807) is 6.92 Å². The van der Waals surface area contributed by atoms with Gasteiger partial charge in [-0.15, -0.1) is 11.3 Å². The average molecular weight is 348 g/mol. The fraction of sp³-hybridized carbons (Fsp3) is 0.588. The van der Waals surface area contributed by atoms with Crippen LogP contribution in [0.25, 0.3) is 0 Å². The largest absolute Gasteiger partial charge is 0.355 e. The molecule has 6 nitrogen and oxygen atoms in total. The minimum absolute atomic E-state index is 0.0892. The number of hydrogen-bond acceptors (Lipinski definition) is 6. The van der Waals surface area contributed by atoms with Crippen LogP contribution >= 0.6 is 11.3 Å². The third-order valence-corrected chi connectivity index (χ3v) is 5.44. The predicted octanol–water partition coefficient (Wildman–Crippen LogP) is 2.33. The van der Waals surface area contributed by atoms with E-state index in [1.807, 2.05) is 11.3 Å². The van der Waals surface area contributed by atoms with E-state index in [4.69, 9.17) is 4.52 Å². The zero-order chi connectivity index (χ0) is 16.9. The summed E-state index contributed by atoms with van der Waals surface area (Å²) in [5, 5.41) is 8.96. The highest BCUT2D eigenvalue weighted by molar-refractivity contribution is 7.10. The van der Waals surface area contributed by atoms with E-state index < -0.39 is 0 Å². The number of thiophene rings is 1. The molecule has 0 radical (unpaired) electrons. The number of aryl methyl sites for hydroxylation is 2. The minimum Gasteiger partial charge on any atom is -0.355 e. The van der Waals surface area contributed by atoms with E-state index in [0.717, 1.165) is 25.9 Å². The Kier molecular flexibility index (Phi) is 5.63. The Balaban J connectivity index is 1.35. The third kappa shape index (κ3) is 4.42. The Morgan fingerprint density at radius 2 is 2.42 bits per heavy atom. The Bertz CT molecular complexity index is 682. The molecule has 0 spiro atoms. The first kappa shape index (κ1) is 17.1. The van der Waals surface area contributed by atoms with Crippen molar-refractivity contribution in [3.05, 3.63) is 33.6 Å². The van der Waals surface area contributed by atoms with Crippen LogP contribution < -0.4 is 5.32 Å². The van der Waals surface area contributed by atoms with Gasteiger partial charge in [0.2, 0.25) is 11.8 Å². The number of carbonyl (C=O) groups excluding carboxylic acids is 1. The van der Waals surface area contributed by atoms with Gasteiger partial charge in [0.05, 0.1) is 0 Å². The fourth-order valence-electron chi connectivity index (χ4n) is 2.97. The second kappa shape index (κ2) is 7.90. The van der Waals surface area contributed by atoms with Crippen molar-refractivity contribution >= 4 is 17.2 Å². The van der Waals surface area contributed by atoms with Crippen molar-refractivity contribution in [1.29, 1.82) is 0 Å². The minimum atomic E-state index is 0.0892. The highest BCUT2D eigenvalue weighted by Gasteiger charge is 2.21. The molecule has 1 amide bonds. The maximum atomic E-state index is 12.0. The molecule has 0 aliphatic carbocycles. The third-order valence-electron chi connectivity index (χ3n) is 4.42. The SMILES string of the molecule is Cc1noc(CCCC(=O)NC[C@@H](C)N2CCc3sccc3C2)n1. The normalized spacial score (nSPS) is 15.9. The fourth-order valence-corrected chi connectivity index (χ4v) is 3.86. The van der Waals surface area contributed by atoms with Crippen molar-refractivity contribution < 1.29 is 9.32 Å². The Morgan fingerprint density at radius 1 is 1.54 bits per heavy atom. The van der Waals surface area contributed by atoms with Crippen LogP contribution in [-0.4, -0.2) is 40.1 Å². The van der Waals surface area contributed by atoms with Gasteiger partial charge in [0.15, 0.2) is 5.82 Å². The van der Waals surface area contributed by atoms with Crippen LogP contribution in [-0.2, 0) is 24.2 Å². The van der Waals surface area contributed by atoms with Crippen molar-refractivity contribution in [1.82, 2.24) is 20.4 Å². The molecule has 0 saturated carbocycles. The maximum absolute atomic E-state index is 12.0. The maximum Gasteiger partial charge on any atom is 0.226 e. The molecule has 0 saturated heterocycles. The Hall–Kier alpha value is -1.73. The first-order chi connectivity index (χ1) is 11.6. The van der Waals surface area contributed by atoms with Gasteiger partial charge in [-0.05, 0) is 43.7 Å². The molecule has 130 valence electrons. The lowest BCUT2D eigenvalue weighted by Crippen LogP contribution is -2.44. The van der Waals surface area contributed by atoms with E-state index >= 15 is 0 Å². The van der Waals surface area contributed by atoms with Crippen LogP contribution in [0.4, 0.5) is 0 Å². The monoisotopic (exact) mass is 348 g/mol. The number of nitrogens with zero attached hydrogens (tertiary/aromatic N) is 3. The highest BCUT2D eigenvalue weighted by atomic mass is 32.1. The Labute approximate surface area is 146 Å². The summed E-state index contributed by atoms with van der Waals surface area (Å²) in [6.45, 7) is 6.73. The van der Waals surface area contributed by atoms with Crippen LogP contribution in [0, 0.1) is 6.92 Å². The number of hydrogen-bond donors (Lipinski definition) is 1. The van der Waals surface area contributed by atoms with Crippen LogP contribution in [0.2, 0.25) is 0 Å². The predicted molar refractivity (Wildman–Crippen MR) is 92.9 cm³/mol. The molecule has 1 aliphatic rings. The van der Waals surface area contributed by atoms with E-state index in [-0.39, 0.29) is 5.91 Å². The summed E-state index contributed by atoms with van der Waals surface area (Å²) in [6, 6.07) is 2.57. The zero-order valence-electron chi connectivity index (χ0n) is 14.2. The number of aromatic nitrogens is 2. The van der Waals surface area contributed by atoms with Crippen LogP contribution in [0.15, 0.2) is 16.0 Å². The average Bonchev–Trinajstić information content (AvgIpc) is 3.20. The van der Waals surface area contributed by atoms with E-state index in [0.29, 0.717) is 37.1 Å². The van der Waals surface area contributed by atoms with Crippen molar-refractivity contribution in [3.63, 3.8) is 0 Å². The molecule has 0 unspecified atom stereocenters. The summed E-state index contributed by atoms with van der Waals surface area (Å²) in [6.07, 6.45) is 2.98. The Morgan fingerprint density at radius 3 is 3.21 bits per heavy atom. The standard InChI is InChI=1S/C17H24N4O2S/c1-12(21-8-6-15-14(11-21)7-9-24-15)10-18-16(22)4-3-5-17-19-13(2)20-23-17/h7,9,12H,3-6,8,10-11H2,1-2H3,(H,18,22)/t12-/m1/s1. The van der Waals surface area contributed by atoms with Crippen molar-refractivity contribution in [3.8, 4) is 0 Å². The molecule has 0 aromatic carbocycles. The number of nitrogens with one attached hydrogen (secondary N) is 1. The number of amides is 1. The molecule has 0 fully saturated rings. The van der Waals surface area contributed by atoms with Crippen LogP contribution in [0.3, 0.4) is 0 Å². The van der Waals surface area contributed by atoms with Gasteiger partial charge in [-0.2, -0.15) is 4.98 Å². The van der Waals surface area contributed by atoms with Gasteiger partial charge in [-0.3, -0.25) is 9.69 Å². The van der Waals surface area contributed by atoms with Gasteiger partial charge in [0.1, 0.15) is 0 Å². The molecule has 7 heteroatoms. The van der Waals surface area contributed by atoms with Gasteiger partial charge in [-0.25, -0.2) is 0 Å². The summed E-state index contributed by atoms with van der Waals surface area (Å²) in [5.74, 6) is 1.33. The second-order valence-corrected chi connectivity index (χ2v) is 7.33. The smallest absolute Gasteiger partial charge is 0.226 e. The van der Waals surface area contributed by atoms with Gasteiger partial charge in [0.25, 0.3) is 0 Å². The highest BCUT2D eigenvalue weighted by Crippen LogP contribution is 2.24. The lowest BCUT2D eigenvalue weighted by Gasteiger charge is -2.32. The second-order valence-electron chi connectivity index (χ2n) is 6.33. The van der Waals surface area contributed by atoms with E-state index in [1.165, 1.54) is 10.4 Å². The lowest BCUT2D eigenvalue weighted by molar-refractivity contribution is -0.121. The van der Waals surface area contributed by atoms with E-state index in [2.05, 4.69) is 38.7 Å². The summed E-state index contributed by atoms with van der Waals surface area (Å²) >= 11 is 1.85. The van der Waals surface area contributed by atoms with Gasteiger partial charge < -0.3 is 9.84 Å². The molecule has 0 bridgehead atoms. The molecule has 3 rings (SSSR count). The van der Waals surface area contributed by atoms with Crippen molar-refractivity contribution in [2.45, 2.75) is 52.1 Å². The van der Waals surface area contributed by atoms with Gasteiger partial charge >= 0.3 is 0 Å². The number of carbonyl (C=O) groups is 1. The van der Waals surface area contributed by atoms with E-state index in [9.17, 15) is 4.79 Å². The van der Waals surface area contributed by atoms with Gasteiger partial charge in [-0.1, -0.05) is 5.16 Å². The van der Waals surface area contributed by atoms with Crippen LogP contribution in [0.5, 0.6) is 0 Å². The van der Waals surface area contributed by atoms with Crippen LogP contribution in [0.1, 0.15) is 41.9 Å². The molecule has 2 aromatic rings. The summed E-state index contributed by atoms with van der Waals surface area (Å²) in [7, 11) is 0. The molecule has 3 heterocycles. The first-order valence-electron chi connectivity index (χ1n) is 8.47. The molecule has 24 heavy (non-hydrogen) atoms. The lowest BCUT2D eigenvalue weighted by atomic mass is 10.1. The zero-order valence-corrected chi connectivity index (χ0v) is 15.1. The molecule has 1 N–H and O–H groups in total. The van der Waals surface area contributed by atoms with Crippen molar-refractivity contribution in [2.75, 3.05) is 13.1 Å². The number of fused-ring (bicyclic) bond motifs is 1. The molecule has 1 atom stereocenters. The van der Waals surface area contributed by atoms with Crippen molar-refractivity contribution in [2.24, 2.45) is 0 Å². The number of rotatable bonds is 7. The summed E-state index contributed by atoms with van der Waals surface area (Å²) in [4.78, 5) is 20.1. The quantitative estimate of drug-likeness (QED) is 0.831. The molecular formula is C17H24N4O2S. The summed E-state index contributed by atoms with van der Waals surface area (Å²) in [5.41, 5.74) is 1.44. The molecular weight excluding hydrogens is 324 g/mol. The first-order valence-corrected chi connectivity index (χ1v) is 9.35. The molecule has 1 aliphatic heterocycles. The molecule has 2 aromatic heterocycles. The summed E-state index contributed by atoms with van der Waals surface area (Å²) < 4.78 is 5.05.